The number of allylic oxidation sites excluding steroid dienone is 1. The van der Waals surface area contributed by atoms with Gasteiger partial charge >= 0.3 is 6.18 Å². The molecule has 3 heterocycles. The quantitative estimate of drug-likeness (QED) is 0.0746. The van der Waals surface area contributed by atoms with E-state index in [1.165, 1.54) is 22.8 Å². The van der Waals surface area contributed by atoms with Gasteiger partial charge in [-0.25, -0.2) is 22.2 Å². The van der Waals surface area contributed by atoms with Crippen LogP contribution >= 0.6 is 11.6 Å². The van der Waals surface area contributed by atoms with E-state index in [2.05, 4.69) is 72.2 Å². The summed E-state index contributed by atoms with van der Waals surface area (Å²) in [6.45, 7) is 7.63. The Morgan fingerprint density at radius 2 is 1.37 bits per heavy atom. The second-order valence-electron chi connectivity index (χ2n) is 22.2. The summed E-state index contributed by atoms with van der Waals surface area (Å²) in [6.07, 6.45) is -0.511. The molecule has 424 valence electrons. The molecule has 1 aromatic heterocycles. The van der Waals surface area contributed by atoms with Crippen molar-refractivity contribution in [3.05, 3.63) is 220 Å². The van der Waals surface area contributed by atoms with Gasteiger partial charge in [-0.15, -0.1) is 0 Å². The van der Waals surface area contributed by atoms with Gasteiger partial charge in [0.1, 0.15) is 35.1 Å². The number of halogens is 5. The van der Waals surface area contributed by atoms with Gasteiger partial charge in [0, 0.05) is 75.6 Å². The molecule has 17 heteroatoms. The minimum Gasteiger partial charge on any atom is -0.490 e. The molecular weight excluding hydrogens is 1090 g/mol. The molecule has 1 N–H and O–H groups in total. The molecule has 82 heavy (non-hydrogen) atoms. The van der Waals surface area contributed by atoms with Crippen LogP contribution in [0.4, 0.5) is 23.2 Å². The summed E-state index contributed by atoms with van der Waals surface area (Å²) in [5.74, 6) is -1.62. The summed E-state index contributed by atoms with van der Waals surface area (Å²) >= 11 is 6.30. The molecule has 3 aliphatic rings. The zero-order chi connectivity index (χ0) is 57.3. The lowest BCUT2D eigenvalue weighted by Gasteiger charge is -2.39. The Balaban J connectivity index is 0.936. The molecule has 2 aliphatic heterocycles. The predicted octanol–water partition coefficient (Wildman–Crippen LogP) is 14.1. The topological polar surface area (TPSA) is 115 Å². The summed E-state index contributed by atoms with van der Waals surface area (Å²) in [7, 11) is -4.99. The number of aromatic nitrogens is 2. The van der Waals surface area contributed by atoms with Crippen molar-refractivity contribution in [3.8, 4) is 17.2 Å². The van der Waals surface area contributed by atoms with Crippen molar-refractivity contribution < 1.29 is 45.0 Å². The van der Waals surface area contributed by atoms with Crippen molar-refractivity contribution >= 4 is 49.7 Å². The van der Waals surface area contributed by atoms with E-state index >= 15 is 4.39 Å². The Morgan fingerprint density at radius 1 is 0.732 bits per heavy atom. The van der Waals surface area contributed by atoms with Gasteiger partial charge < -0.3 is 19.1 Å². The smallest absolute Gasteiger partial charge is 0.420 e. The summed E-state index contributed by atoms with van der Waals surface area (Å²) in [4.78, 5) is 18.3. The van der Waals surface area contributed by atoms with Gasteiger partial charge in [-0.2, -0.15) is 18.3 Å². The van der Waals surface area contributed by atoms with Crippen LogP contribution in [0.1, 0.15) is 84.1 Å². The predicted molar refractivity (Wildman–Crippen MR) is 311 cm³/mol. The van der Waals surface area contributed by atoms with Crippen molar-refractivity contribution in [1.82, 2.24) is 19.4 Å². The first-order valence-electron chi connectivity index (χ1n) is 27.5. The minimum atomic E-state index is -5.10. The molecule has 0 saturated carbocycles. The number of fused-ring (bicyclic) bond motifs is 1. The Hall–Kier alpha value is -7.50. The first-order chi connectivity index (χ1) is 39.4. The average molecular weight is 1150 g/mol. The van der Waals surface area contributed by atoms with Crippen LogP contribution in [0.25, 0.3) is 16.5 Å². The number of anilines is 1. The zero-order valence-electron chi connectivity index (χ0n) is 45.5. The molecule has 7 aromatic carbocycles. The number of alkyl halides is 4. The van der Waals surface area contributed by atoms with Crippen LogP contribution in [0, 0.1) is 5.41 Å². The molecule has 2 saturated heterocycles. The maximum absolute atomic E-state index is 15.4. The molecule has 11 nitrogen and oxygen atoms in total. The molecule has 0 radical (unpaired) electrons. The number of rotatable bonds is 16. The largest absolute Gasteiger partial charge is 0.490 e. The van der Waals surface area contributed by atoms with Gasteiger partial charge in [-0.1, -0.05) is 140 Å². The number of hydrogen-bond donors (Lipinski definition) is 1. The van der Waals surface area contributed by atoms with E-state index in [9.17, 15) is 26.4 Å². The van der Waals surface area contributed by atoms with Crippen LogP contribution in [0.15, 0.2) is 187 Å². The number of ether oxygens (including phenoxy) is 3. The van der Waals surface area contributed by atoms with Crippen LogP contribution in [0.3, 0.4) is 0 Å². The highest BCUT2D eigenvalue weighted by atomic mass is 35.5. The Morgan fingerprint density at radius 3 is 1.99 bits per heavy atom. The summed E-state index contributed by atoms with van der Waals surface area (Å²) in [5.41, 5.74) is 3.74. The van der Waals surface area contributed by atoms with Crippen LogP contribution in [-0.2, 0) is 26.5 Å². The molecule has 2 fully saturated rings. The number of hydrogen-bond acceptors (Lipinski definition) is 9. The molecule has 0 unspecified atom stereocenters. The fourth-order valence-electron chi connectivity index (χ4n) is 11.6. The summed E-state index contributed by atoms with van der Waals surface area (Å²) in [5, 5.41) is 6.39. The lowest BCUT2D eigenvalue weighted by Crippen LogP contribution is -2.47. The molecule has 0 atom stereocenters. The molecule has 1 aliphatic carbocycles. The fraction of sp³-hybridized carbons (Fsp3) is 0.292. The van der Waals surface area contributed by atoms with E-state index in [0.717, 1.165) is 67.7 Å². The van der Waals surface area contributed by atoms with Crippen molar-refractivity contribution in [3.63, 3.8) is 0 Å². The van der Waals surface area contributed by atoms with Gasteiger partial charge in [0.2, 0.25) is 0 Å². The minimum absolute atomic E-state index is 0.0103. The number of carbonyl (C=O) groups excluding carboxylic acids is 1. The molecule has 11 rings (SSSR count). The van der Waals surface area contributed by atoms with Crippen molar-refractivity contribution in [1.29, 1.82) is 0 Å². The van der Waals surface area contributed by atoms with E-state index in [1.54, 1.807) is 24.4 Å². The molecule has 8 aromatic rings. The Bertz CT molecular complexity index is 3640. The third-order valence-electron chi connectivity index (χ3n) is 16.1. The number of piperazine rings is 1. The second-order valence-corrected chi connectivity index (χ2v) is 24.3. The summed E-state index contributed by atoms with van der Waals surface area (Å²) < 4.78 is 109. The van der Waals surface area contributed by atoms with Crippen molar-refractivity contribution in [2.45, 2.75) is 68.2 Å². The number of benzene rings is 7. The first kappa shape index (κ1) is 56.4. The third-order valence-corrected chi connectivity index (χ3v) is 17.7. The number of nitrogens with one attached hydrogen (secondary N) is 1. The molecule has 0 spiro atoms. The Kier molecular flexibility index (Phi) is 15.8. The van der Waals surface area contributed by atoms with Crippen LogP contribution < -0.4 is 19.1 Å². The summed E-state index contributed by atoms with van der Waals surface area (Å²) in [6, 6.07) is 50.7. The van der Waals surface area contributed by atoms with Gasteiger partial charge in [-0.05, 0) is 107 Å². The van der Waals surface area contributed by atoms with E-state index < -0.39 is 56.1 Å². The van der Waals surface area contributed by atoms with Gasteiger partial charge in [0.15, 0.2) is 0 Å². The third kappa shape index (κ3) is 11.8. The highest BCUT2D eigenvalue weighted by molar-refractivity contribution is 7.90. The fourth-order valence-corrected chi connectivity index (χ4v) is 12.7. The second kappa shape index (κ2) is 23.0. The first-order valence-corrected chi connectivity index (χ1v) is 29.3. The highest BCUT2D eigenvalue weighted by Gasteiger charge is 2.42. The zero-order valence-corrected chi connectivity index (χ0v) is 47.0. The van der Waals surface area contributed by atoms with Gasteiger partial charge in [-0.3, -0.25) is 9.69 Å². The maximum atomic E-state index is 15.4. The van der Waals surface area contributed by atoms with Crippen molar-refractivity contribution in [2.75, 3.05) is 57.4 Å². The molecule has 1 amide bonds. The van der Waals surface area contributed by atoms with Gasteiger partial charge in [0.05, 0.1) is 33.1 Å². The van der Waals surface area contributed by atoms with E-state index in [4.69, 9.17) is 30.9 Å². The normalized spacial score (nSPS) is 16.9. The number of carbonyl (C=O) groups is 1. The van der Waals surface area contributed by atoms with Crippen LogP contribution in [-0.4, -0.2) is 87.2 Å². The number of nitrogens with zero attached hydrogens (tertiary/aromatic N) is 4. The lowest BCUT2D eigenvalue weighted by atomic mass is 9.72. The van der Waals surface area contributed by atoms with E-state index in [0.29, 0.717) is 46.5 Å². The van der Waals surface area contributed by atoms with E-state index in [-0.39, 0.29) is 42.8 Å². The SMILES string of the molecule is CC1(C)CCC(CN2CCN(c3ccc(C(=O)NS(=O)(=O)c4ccc(OCC5(F)CCOCC5)c(C(F)(F)F)c4)c(Oc4cccc5c4cnn5C(c4ccccc4)(c4ccccc4)c4ccccc4)c3)CC2)=C(c2ccc(Cl)cc2)C1. The number of amides is 1. The maximum Gasteiger partial charge on any atom is 0.420 e. The Labute approximate surface area is 480 Å². The van der Waals surface area contributed by atoms with Crippen LogP contribution in [0.5, 0.6) is 17.2 Å². The van der Waals surface area contributed by atoms with Crippen LogP contribution in [0.2, 0.25) is 5.02 Å². The molecular formula is C65H62ClF4N5O6S. The van der Waals surface area contributed by atoms with E-state index in [1.807, 2.05) is 88.3 Å². The average Bonchev–Trinajstić information content (AvgIpc) is 3.29. The lowest BCUT2D eigenvalue weighted by molar-refractivity contribution is -0.139. The number of sulfonamides is 1. The monoisotopic (exact) mass is 1150 g/mol. The van der Waals surface area contributed by atoms with Crippen molar-refractivity contribution in [2.24, 2.45) is 5.41 Å². The van der Waals surface area contributed by atoms with Gasteiger partial charge in [0.25, 0.3) is 15.9 Å². The standard InChI is InChI=1S/C65H62ClF4N5O6S/c1-62(2)30-29-46(54(41-62)45-21-23-50(66)24-22-45)43-73-33-35-74(36-34-73)51-25-27-53(61(76)72-82(77,78)52-26-28-59(56(40-52)65(68,69)70)80-44-63(67)31-37-79-38-32-63)60(39-51)81-58-20-12-19-57-55(58)42-71-75(57)64(47-13-6-3-7-14-47,48-15-8-4-9-16-48)49-17-10-5-11-18-49/h3-28,39-40,42H,29-38,41,43-44H2,1-2H3,(H,72,76). The highest BCUT2D eigenvalue weighted by Crippen LogP contribution is 2.46. The molecule has 0 bridgehead atoms.